The number of aromatic nitrogens is 1. The van der Waals surface area contributed by atoms with Gasteiger partial charge >= 0.3 is 0 Å². The number of nitrogens with zero attached hydrogens (tertiary/aromatic N) is 3. The predicted molar refractivity (Wildman–Crippen MR) is 125 cm³/mol. The standard InChI is InChI=1S/C23H19BrFN3.ClH/c1-28-12-11-27-22(21-14-19(25)6-8-23(21)28)7-5-17-15-26-10-9-20(17)16-3-2-4-18(24)13-16;/h2-10,13-15H,11-12H2,1H3;1H/b7-5+;. The molecule has 148 valence electrons. The number of halogens is 3. The SMILES string of the molecule is CN1CCN=C(/C=C/c2cnccc2-c2cccc(Br)c2)c2cc(F)ccc21.Cl. The lowest BCUT2D eigenvalue weighted by Gasteiger charge is -2.18. The molecule has 0 saturated carbocycles. The summed E-state index contributed by atoms with van der Waals surface area (Å²) in [7, 11) is 2.01. The van der Waals surface area contributed by atoms with E-state index in [1.54, 1.807) is 12.3 Å². The fourth-order valence-electron chi connectivity index (χ4n) is 3.34. The molecule has 1 aliphatic heterocycles. The van der Waals surface area contributed by atoms with Crippen LogP contribution in [-0.4, -0.2) is 30.8 Å². The van der Waals surface area contributed by atoms with Crippen molar-refractivity contribution in [2.75, 3.05) is 25.0 Å². The molecule has 1 aliphatic rings. The number of likely N-dealkylation sites (N-methyl/N-ethyl adjacent to an activating group) is 1. The number of hydrogen-bond donors (Lipinski definition) is 0. The molecular formula is C23H20BrClFN3. The molecule has 0 aliphatic carbocycles. The van der Waals surface area contributed by atoms with Crippen LogP contribution in [-0.2, 0) is 0 Å². The van der Waals surface area contributed by atoms with E-state index in [-0.39, 0.29) is 18.2 Å². The first-order valence-corrected chi connectivity index (χ1v) is 9.85. The maximum atomic E-state index is 13.9. The van der Waals surface area contributed by atoms with Crippen molar-refractivity contribution in [1.82, 2.24) is 4.98 Å². The molecule has 0 unspecified atom stereocenters. The molecule has 0 spiro atoms. The van der Waals surface area contributed by atoms with Gasteiger partial charge in [0.25, 0.3) is 0 Å². The van der Waals surface area contributed by atoms with Crippen LogP contribution in [0.15, 0.2) is 76.5 Å². The van der Waals surface area contributed by atoms with Crippen LogP contribution in [0.1, 0.15) is 11.1 Å². The van der Waals surface area contributed by atoms with Gasteiger partial charge in [-0.25, -0.2) is 4.39 Å². The Kier molecular flexibility index (Phi) is 6.83. The Morgan fingerprint density at radius 3 is 2.76 bits per heavy atom. The van der Waals surface area contributed by atoms with Crippen molar-refractivity contribution in [3.05, 3.63) is 88.4 Å². The molecule has 29 heavy (non-hydrogen) atoms. The minimum atomic E-state index is -0.258. The van der Waals surface area contributed by atoms with Gasteiger partial charge in [-0.3, -0.25) is 9.98 Å². The number of aliphatic imine (C=N–C) groups is 1. The maximum absolute atomic E-state index is 13.9. The molecule has 3 aromatic rings. The molecule has 0 radical (unpaired) electrons. The van der Waals surface area contributed by atoms with Gasteiger partial charge in [0.15, 0.2) is 0 Å². The lowest BCUT2D eigenvalue weighted by molar-refractivity contribution is 0.627. The zero-order chi connectivity index (χ0) is 19.5. The summed E-state index contributed by atoms with van der Waals surface area (Å²) in [6.07, 6.45) is 7.58. The number of rotatable bonds is 3. The third-order valence-electron chi connectivity index (χ3n) is 4.77. The summed E-state index contributed by atoms with van der Waals surface area (Å²) >= 11 is 3.53. The van der Waals surface area contributed by atoms with Crippen molar-refractivity contribution in [2.24, 2.45) is 4.99 Å². The average molecular weight is 473 g/mol. The highest BCUT2D eigenvalue weighted by molar-refractivity contribution is 9.10. The average Bonchev–Trinajstić information content (AvgIpc) is 2.85. The number of anilines is 1. The molecule has 2 heterocycles. The second kappa shape index (κ2) is 9.33. The Hall–Kier alpha value is -2.50. The van der Waals surface area contributed by atoms with Crippen LogP contribution in [0.2, 0.25) is 0 Å². The first kappa shape index (κ1) is 21.2. The zero-order valence-electron chi connectivity index (χ0n) is 15.8. The molecule has 0 bridgehead atoms. The molecule has 0 amide bonds. The Bertz CT molecular complexity index is 1080. The smallest absolute Gasteiger partial charge is 0.124 e. The molecule has 1 aromatic heterocycles. The van der Waals surface area contributed by atoms with Crippen LogP contribution in [0.3, 0.4) is 0 Å². The molecule has 0 fully saturated rings. The summed E-state index contributed by atoms with van der Waals surface area (Å²) in [5.74, 6) is -0.258. The van der Waals surface area contributed by atoms with E-state index in [9.17, 15) is 4.39 Å². The van der Waals surface area contributed by atoms with Crippen LogP contribution in [0, 0.1) is 5.82 Å². The highest BCUT2D eigenvalue weighted by Gasteiger charge is 2.15. The number of allylic oxidation sites excluding steroid dienone is 1. The lowest BCUT2D eigenvalue weighted by Crippen LogP contribution is -2.20. The molecule has 3 nitrogen and oxygen atoms in total. The van der Waals surface area contributed by atoms with Crippen molar-refractivity contribution in [3.63, 3.8) is 0 Å². The molecular weight excluding hydrogens is 453 g/mol. The van der Waals surface area contributed by atoms with Gasteiger partial charge in [-0.2, -0.15) is 0 Å². The third kappa shape index (κ3) is 4.74. The monoisotopic (exact) mass is 471 g/mol. The Morgan fingerprint density at radius 2 is 1.93 bits per heavy atom. The summed E-state index contributed by atoms with van der Waals surface area (Å²) < 4.78 is 14.9. The van der Waals surface area contributed by atoms with Crippen LogP contribution < -0.4 is 4.90 Å². The van der Waals surface area contributed by atoms with Crippen molar-refractivity contribution in [2.45, 2.75) is 0 Å². The number of hydrogen-bond acceptors (Lipinski definition) is 3. The van der Waals surface area contributed by atoms with Gasteiger partial charge in [0, 0.05) is 47.3 Å². The Labute approximate surface area is 184 Å². The van der Waals surface area contributed by atoms with Gasteiger partial charge in [-0.1, -0.05) is 34.1 Å². The number of pyridine rings is 1. The number of benzodiazepines with no additional fused rings is 1. The second-order valence-corrected chi connectivity index (χ2v) is 7.57. The summed E-state index contributed by atoms with van der Waals surface area (Å²) in [5, 5.41) is 0. The normalized spacial score (nSPS) is 13.5. The zero-order valence-corrected chi connectivity index (χ0v) is 18.3. The fraction of sp³-hybridized carbons (Fsp3) is 0.130. The van der Waals surface area contributed by atoms with Crippen molar-refractivity contribution in [1.29, 1.82) is 0 Å². The maximum Gasteiger partial charge on any atom is 0.124 e. The van der Waals surface area contributed by atoms with E-state index in [1.807, 2.05) is 49.7 Å². The van der Waals surface area contributed by atoms with Crippen LogP contribution in [0.25, 0.3) is 17.2 Å². The van der Waals surface area contributed by atoms with Gasteiger partial charge in [0.05, 0.1) is 12.3 Å². The van der Waals surface area contributed by atoms with Crippen LogP contribution in [0.5, 0.6) is 0 Å². The Morgan fingerprint density at radius 1 is 1.07 bits per heavy atom. The van der Waals surface area contributed by atoms with E-state index in [1.165, 1.54) is 6.07 Å². The van der Waals surface area contributed by atoms with Gasteiger partial charge in [0.2, 0.25) is 0 Å². The van der Waals surface area contributed by atoms with Crippen molar-refractivity contribution < 1.29 is 4.39 Å². The Balaban J connectivity index is 0.00000240. The highest BCUT2D eigenvalue weighted by Crippen LogP contribution is 2.28. The van der Waals surface area contributed by atoms with Crippen LogP contribution in [0.4, 0.5) is 10.1 Å². The number of fused-ring (bicyclic) bond motifs is 1. The molecule has 6 heteroatoms. The lowest BCUT2D eigenvalue weighted by atomic mass is 10.00. The molecule has 0 saturated heterocycles. The first-order valence-electron chi connectivity index (χ1n) is 9.05. The van der Waals surface area contributed by atoms with Crippen molar-refractivity contribution >= 4 is 45.8 Å². The van der Waals surface area contributed by atoms with Crippen molar-refractivity contribution in [3.8, 4) is 11.1 Å². The molecule has 4 rings (SSSR count). The summed E-state index contributed by atoms with van der Waals surface area (Å²) in [4.78, 5) is 11.1. The fourth-order valence-corrected chi connectivity index (χ4v) is 3.74. The second-order valence-electron chi connectivity index (χ2n) is 6.66. The summed E-state index contributed by atoms with van der Waals surface area (Å²) in [5.41, 5.74) is 5.75. The molecule has 0 atom stereocenters. The summed E-state index contributed by atoms with van der Waals surface area (Å²) in [6.45, 7) is 1.46. The van der Waals surface area contributed by atoms with E-state index in [4.69, 9.17) is 0 Å². The third-order valence-corrected chi connectivity index (χ3v) is 5.26. The quantitative estimate of drug-likeness (QED) is 0.466. The van der Waals surface area contributed by atoms with E-state index >= 15 is 0 Å². The van der Waals surface area contributed by atoms with E-state index < -0.39 is 0 Å². The molecule has 0 N–H and O–H groups in total. The van der Waals surface area contributed by atoms with E-state index in [0.29, 0.717) is 6.54 Å². The first-order chi connectivity index (χ1) is 13.6. The minimum Gasteiger partial charge on any atom is -0.372 e. The van der Waals surface area contributed by atoms with Gasteiger partial charge in [-0.15, -0.1) is 12.4 Å². The largest absolute Gasteiger partial charge is 0.372 e. The highest BCUT2D eigenvalue weighted by atomic mass is 79.9. The predicted octanol–water partition coefficient (Wildman–Crippen LogP) is 6.02. The number of benzene rings is 2. The molecule has 2 aromatic carbocycles. The minimum absolute atomic E-state index is 0. The van der Waals surface area contributed by atoms with E-state index in [2.05, 4.69) is 42.9 Å². The van der Waals surface area contributed by atoms with Gasteiger partial charge in [0.1, 0.15) is 5.82 Å². The summed E-state index contributed by atoms with van der Waals surface area (Å²) in [6, 6.07) is 15.0. The topological polar surface area (TPSA) is 28.5 Å². The van der Waals surface area contributed by atoms with Crippen LogP contribution >= 0.6 is 28.3 Å². The van der Waals surface area contributed by atoms with Gasteiger partial charge < -0.3 is 4.90 Å². The van der Waals surface area contributed by atoms with E-state index in [0.717, 1.165) is 44.7 Å². The van der Waals surface area contributed by atoms with Gasteiger partial charge in [-0.05, 0) is 53.6 Å².